The molecule has 0 aliphatic carbocycles. The fourth-order valence-electron chi connectivity index (χ4n) is 6.85. The topological polar surface area (TPSA) is 56.7 Å². The molecule has 0 fully saturated rings. The maximum absolute atomic E-state index is 9.23. The predicted octanol–water partition coefficient (Wildman–Crippen LogP) is 11.5. The number of rotatable bonds is 5. The number of fused-ring (bicyclic) bond motifs is 6. The number of aromatic nitrogens is 4. The van der Waals surface area contributed by atoms with E-state index in [1.54, 1.807) is 4.57 Å². The third kappa shape index (κ3) is 4.60. The number of para-hydroxylation sites is 3. The van der Waals surface area contributed by atoms with Crippen LogP contribution in [0.2, 0.25) is 0 Å². The van der Waals surface area contributed by atoms with Crippen LogP contribution in [0.4, 0.5) is 0 Å². The van der Waals surface area contributed by atoms with Gasteiger partial charge in [0.15, 0.2) is 11.6 Å². The minimum Gasteiger partial charge on any atom is -0.456 e. The van der Waals surface area contributed by atoms with Crippen LogP contribution < -0.4 is 0 Å². The lowest BCUT2D eigenvalue weighted by Gasteiger charge is -2.13. The molecule has 0 unspecified atom stereocenters. The van der Waals surface area contributed by atoms with Crippen molar-refractivity contribution in [1.82, 2.24) is 19.5 Å². The van der Waals surface area contributed by atoms with Crippen molar-refractivity contribution in [2.75, 3.05) is 0 Å². The Kier molecular flexibility index (Phi) is 5.54. The zero-order valence-electron chi connectivity index (χ0n) is 30.6. The van der Waals surface area contributed by atoms with E-state index < -0.39 is 0 Å². The lowest BCUT2D eigenvalue weighted by Crippen LogP contribution is -2.07. The highest BCUT2D eigenvalue weighted by Crippen LogP contribution is 2.39. The van der Waals surface area contributed by atoms with Crippen LogP contribution in [0.1, 0.15) is 5.48 Å². The first-order valence-corrected chi connectivity index (χ1v) is 16.4. The van der Waals surface area contributed by atoms with Gasteiger partial charge in [-0.1, -0.05) is 146 Å². The van der Waals surface area contributed by atoms with E-state index in [2.05, 4.69) is 36.4 Å². The predicted molar refractivity (Wildman–Crippen MR) is 203 cm³/mol. The van der Waals surface area contributed by atoms with Crippen molar-refractivity contribution in [3.05, 3.63) is 170 Å². The fraction of sp³-hybridized carbons (Fsp3) is 0. The highest BCUT2D eigenvalue weighted by atomic mass is 16.3. The van der Waals surface area contributed by atoms with Gasteiger partial charge in [-0.2, -0.15) is 9.97 Å². The van der Waals surface area contributed by atoms with E-state index in [9.17, 15) is 1.37 Å². The van der Waals surface area contributed by atoms with Gasteiger partial charge < -0.3 is 4.42 Å². The molecule has 5 heteroatoms. The molecule has 3 aromatic heterocycles. The zero-order valence-corrected chi connectivity index (χ0v) is 26.6. The first-order chi connectivity index (χ1) is 26.4. The Morgan fingerprint density at radius 2 is 1.08 bits per heavy atom. The normalized spacial score (nSPS) is 12.7. The van der Waals surface area contributed by atoms with Crippen LogP contribution in [0.3, 0.4) is 0 Å². The summed E-state index contributed by atoms with van der Waals surface area (Å²) < 4.78 is 43.7. The summed E-state index contributed by atoms with van der Waals surface area (Å²) in [6.07, 6.45) is 0. The van der Waals surface area contributed by atoms with Gasteiger partial charge in [-0.3, -0.25) is 4.57 Å². The van der Waals surface area contributed by atoms with Crippen molar-refractivity contribution in [3.63, 3.8) is 0 Å². The average Bonchev–Trinajstić information content (AvgIpc) is 3.79. The summed E-state index contributed by atoms with van der Waals surface area (Å²) in [6.45, 7) is 0. The highest BCUT2D eigenvalue weighted by molar-refractivity contribution is 6.13. The van der Waals surface area contributed by atoms with E-state index in [-0.39, 0.29) is 35.6 Å². The molecule has 7 aromatic carbocycles. The minimum absolute atomic E-state index is 0.126. The van der Waals surface area contributed by atoms with Gasteiger partial charge >= 0.3 is 0 Å². The molecule has 50 heavy (non-hydrogen) atoms. The van der Waals surface area contributed by atoms with Crippen molar-refractivity contribution in [2.24, 2.45) is 0 Å². The van der Waals surface area contributed by atoms with E-state index in [0.29, 0.717) is 39.1 Å². The number of hydrogen-bond acceptors (Lipinski definition) is 4. The molecule has 0 radical (unpaired) electrons. The summed E-state index contributed by atoms with van der Waals surface area (Å²) in [4.78, 5) is 15.1. The lowest BCUT2D eigenvalue weighted by molar-refractivity contribution is 0.669. The molecule has 0 aliphatic heterocycles. The Hall–Kier alpha value is -6.85. The summed E-state index contributed by atoms with van der Waals surface area (Å²) in [5.74, 6) is 1.03. The summed E-state index contributed by atoms with van der Waals surface area (Å²) in [5.41, 5.74) is 7.82. The first-order valence-electron chi connectivity index (χ1n) is 18.4. The summed E-state index contributed by atoms with van der Waals surface area (Å²) >= 11 is 0. The SMILES string of the molecule is [2H]c1c([2H])c([2H])c2c(c1[2H])c1cccc(-c3ccc(-c4ccccc4)cc3)c1n2-c1nc(-c2ccccc2)nc(-c2ccc3c(c2)oc2ccccc23)n1. The van der Waals surface area contributed by atoms with Crippen molar-refractivity contribution < 1.29 is 9.90 Å². The molecular weight excluding hydrogens is 613 g/mol. The van der Waals surface area contributed by atoms with Crippen LogP contribution in [0.25, 0.3) is 94.7 Å². The molecule has 0 amide bonds. The van der Waals surface area contributed by atoms with Crippen molar-refractivity contribution >= 4 is 43.7 Å². The van der Waals surface area contributed by atoms with E-state index in [1.165, 1.54) is 0 Å². The summed E-state index contributed by atoms with van der Waals surface area (Å²) in [6, 6.07) is 46.8. The summed E-state index contributed by atoms with van der Waals surface area (Å²) in [5, 5.41) is 3.05. The molecule has 0 saturated heterocycles. The Labute approximate surface area is 293 Å². The van der Waals surface area contributed by atoms with Crippen LogP contribution in [0, 0.1) is 0 Å². The van der Waals surface area contributed by atoms with Gasteiger partial charge in [-0.15, -0.1) is 0 Å². The van der Waals surface area contributed by atoms with Crippen LogP contribution in [-0.4, -0.2) is 19.5 Å². The molecule has 10 rings (SSSR count). The third-order valence-corrected chi connectivity index (χ3v) is 9.22. The number of nitrogens with zero attached hydrogens (tertiary/aromatic N) is 4. The summed E-state index contributed by atoms with van der Waals surface area (Å²) in [7, 11) is 0. The van der Waals surface area contributed by atoms with E-state index >= 15 is 0 Å². The number of hydrogen-bond donors (Lipinski definition) is 0. The van der Waals surface area contributed by atoms with Crippen molar-refractivity contribution in [1.29, 1.82) is 0 Å². The monoisotopic (exact) mass is 644 g/mol. The van der Waals surface area contributed by atoms with Gasteiger partial charge in [-0.05, 0) is 40.9 Å². The quantitative estimate of drug-likeness (QED) is 0.187. The van der Waals surface area contributed by atoms with Crippen LogP contribution in [0.5, 0.6) is 0 Å². The third-order valence-electron chi connectivity index (χ3n) is 9.22. The molecule has 5 nitrogen and oxygen atoms in total. The molecule has 0 aliphatic rings. The van der Waals surface area contributed by atoms with Crippen molar-refractivity contribution in [2.45, 2.75) is 0 Å². The maximum Gasteiger partial charge on any atom is 0.238 e. The van der Waals surface area contributed by atoms with Gasteiger partial charge in [0.25, 0.3) is 0 Å². The fourth-order valence-corrected chi connectivity index (χ4v) is 6.85. The van der Waals surface area contributed by atoms with Crippen LogP contribution in [-0.2, 0) is 0 Å². The number of furan rings is 1. The molecule has 10 aromatic rings. The molecule has 0 bridgehead atoms. The van der Waals surface area contributed by atoms with Gasteiger partial charge in [-0.25, -0.2) is 4.98 Å². The standard InChI is InChI=1S/C45H28N4O/c1-3-12-29(13-4-1)30-22-24-31(25-23-30)34-18-11-19-38-35-16-7-9-20-39(35)49(42(34)38)45-47-43(32-14-5-2-6-15-32)46-44(48-45)33-26-27-37-36-17-8-10-21-40(36)50-41(37)28-33/h1-28H/i7D,9D,16D,20D. The highest BCUT2D eigenvalue weighted by Gasteiger charge is 2.21. The van der Waals surface area contributed by atoms with Gasteiger partial charge in [0, 0.05) is 38.2 Å². The van der Waals surface area contributed by atoms with Gasteiger partial charge in [0.05, 0.1) is 16.5 Å². The van der Waals surface area contributed by atoms with Crippen molar-refractivity contribution in [3.8, 4) is 51.0 Å². The zero-order chi connectivity index (χ0) is 36.5. The second-order valence-electron chi connectivity index (χ2n) is 12.2. The van der Waals surface area contributed by atoms with E-state index in [0.717, 1.165) is 44.2 Å². The second kappa shape index (κ2) is 11.4. The maximum atomic E-state index is 9.23. The molecular formula is C45H28N4O. The Morgan fingerprint density at radius 3 is 1.90 bits per heavy atom. The molecule has 0 spiro atoms. The molecule has 0 saturated carbocycles. The van der Waals surface area contributed by atoms with Gasteiger partial charge in [0.2, 0.25) is 5.95 Å². The number of benzene rings is 7. The van der Waals surface area contributed by atoms with Crippen LogP contribution >= 0.6 is 0 Å². The minimum atomic E-state index is -0.335. The molecule has 0 N–H and O–H groups in total. The second-order valence-corrected chi connectivity index (χ2v) is 12.2. The van der Waals surface area contributed by atoms with E-state index in [1.807, 2.05) is 109 Å². The Balaban J connectivity index is 1.28. The molecule has 234 valence electrons. The largest absolute Gasteiger partial charge is 0.456 e. The van der Waals surface area contributed by atoms with E-state index in [4.69, 9.17) is 23.5 Å². The Bertz CT molecular complexity index is 3090. The Morgan fingerprint density at radius 1 is 0.460 bits per heavy atom. The smallest absolute Gasteiger partial charge is 0.238 e. The molecule has 3 heterocycles. The van der Waals surface area contributed by atoms with Crippen LogP contribution in [0.15, 0.2) is 174 Å². The first kappa shape index (κ1) is 24.3. The lowest BCUT2D eigenvalue weighted by atomic mass is 9.98. The average molecular weight is 645 g/mol. The van der Waals surface area contributed by atoms with Gasteiger partial charge in [0.1, 0.15) is 11.2 Å². The molecule has 0 atom stereocenters.